The second-order valence-electron chi connectivity index (χ2n) is 4.20. The monoisotopic (exact) mass is 220 g/mol. The first kappa shape index (κ1) is 10.9. The number of aromatic nitrogens is 1. The number of hydrogen-bond acceptors (Lipinski definition) is 3. The number of ether oxygens (including phenoxy) is 1. The highest BCUT2D eigenvalue weighted by atomic mass is 16.5. The van der Waals surface area contributed by atoms with Gasteiger partial charge in [0.05, 0.1) is 0 Å². The van der Waals surface area contributed by atoms with Gasteiger partial charge in [0.1, 0.15) is 0 Å². The summed E-state index contributed by atoms with van der Waals surface area (Å²) in [4.78, 5) is 17.7. The Hall–Kier alpha value is -1.58. The molecular formula is C12H16N2O2. The van der Waals surface area contributed by atoms with Crippen LogP contribution in [0.1, 0.15) is 42.7 Å². The van der Waals surface area contributed by atoms with Gasteiger partial charge in [0.25, 0.3) is 5.91 Å². The van der Waals surface area contributed by atoms with E-state index in [2.05, 4.69) is 18.8 Å². The summed E-state index contributed by atoms with van der Waals surface area (Å²) in [5.41, 5.74) is 1.52. The Morgan fingerprint density at radius 3 is 2.94 bits per heavy atom. The lowest BCUT2D eigenvalue weighted by Crippen LogP contribution is -2.39. The average molecular weight is 220 g/mol. The molecule has 0 saturated carbocycles. The van der Waals surface area contributed by atoms with Crippen LogP contribution in [0.3, 0.4) is 0 Å². The Bertz CT molecular complexity index is 415. The summed E-state index contributed by atoms with van der Waals surface area (Å²) in [5, 5.41) is 0. The highest BCUT2D eigenvalue weighted by Crippen LogP contribution is 2.26. The minimum atomic E-state index is -0.0425. The van der Waals surface area contributed by atoms with E-state index in [0.29, 0.717) is 30.6 Å². The van der Waals surface area contributed by atoms with Crippen molar-refractivity contribution in [2.45, 2.75) is 26.7 Å². The number of carbonyl (C=O) groups excluding carboxylic acids is 1. The molecule has 0 atom stereocenters. The largest absolute Gasteiger partial charge is 0.471 e. The average Bonchev–Trinajstić information content (AvgIpc) is 2.29. The number of fused-ring (bicyclic) bond motifs is 1. The fourth-order valence-electron chi connectivity index (χ4n) is 1.64. The van der Waals surface area contributed by atoms with Crippen molar-refractivity contribution in [2.75, 3.05) is 13.3 Å². The molecule has 4 nitrogen and oxygen atoms in total. The van der Waals surface area contributed by atoms with Gasteiger partial charge in [0.15, 0.2) is 18.2 Å². The lowest BCUT2D eigenvalue weighted by atomic mass is 10.0. The molecule has 0 aromatic carbocycles. The molecule has 86 valence electrons. The SMILES string of the molecule is CCN1COc2cc(C(C)C)cnc2C1=O. The summed E-state index contributed by atoms with van der Waals surface area (Å²) in [6.45, 7) is 7.07. The Morgan fingerprint density at radius 2 is 2.31 bits per heavy atom. The van der Waals surface area contributed by atoms with Crippen LogP contribution in [0.15, 0.2) is 12.3 Å². The third kappa shape index (κ3) is 1.75. The fourth-order valence-corrected chi connectivity index (χ4v) is 1.64. The summed E-state index contributed by atoms with van der Waals surface area (Å²) in [5.74, 6) is 0.959. The Balaban J connectivity index is 2.37. The van der Waals surface area contributed by atoms with Crippen LogP contribution in [0.5, 0.6) is 5.75 Å². The van der Waals surface area contributed by atoms with Gasteiger partial charge >= 0.3 is 0 Å². The van der Waals surface area contributed by atoms with Crippen molar-refractivity contribution in [3.63, 3.8) is 0 Å². The van der Waals surface area contributed by atoms with Gasteiger partial charge in [-0.1, -0.05) is 13.8 Å². The molecule has 0 fully saturated rings. The molecule has 1 aromatic rings. The zero-order valence-electron chi connectivity index (χ0n) is 9.86. The number of amides is 1. The molecular weight excluding hydrogens is 204 g/mol. The van der Waals surface area contributed by atoms with E-state index in [-0.39, 0.29) is 5.91 Å². The van der Waals surface area contributed by atoms with Gasteiger partial charge in [0, 0.05) is 12.7 Å². The molecule has 0 aliphatic carbocycles. The van der Waals surface area contributed by atoms with Gasteiger partial charge in [0.2, 0.25) is 0 Å². The Labute approximate surface area is 95.2 Å². The summed E-state index contributed by atoms with van der Waals surface area (Å²) in [7, 11) is 0. The molecule has 0 N–H and O–H groups in total. The maximum absolute atomic E-state index is 11.9. The van der Waals surface area contributed by atoms with Gasteiger partial charge < -0.3 is 9.64 Å². The third-order valence-corrected chi connectivity index (χ3v) is 2.79. The van der Waals surface area contributed by atoms with E-state index in [4.69, 9.17) is 4.74 Å². The third-order valence-electron chi connectivity index (χ3n) is 2.79. The number of pyridine rings is 1. The number of nitrogens with zero attached hydrogens (tertiary/aromatic N) is 2. The Morgan fingerprint density at radius 1 is 1.56 bits per heavy atom. The van der Waals surface area contributed by atoms with Crippen LogP contribution in [-0.4, -0.2) is 29.1 Å². The number of hydrogen-bond donors (Lipinski definition) is 0. The van der Waals surface area contributed by atoms with Crippen molar-refractivity contribution in [3.05, 3.63) is 23.5 Å². The molecule has 1 aliphatic heterocycles. The van der Waals surface area contributed by atoms with Crippen LogP contribution in [0.4, 0.5) is 0 Å². The van der Waals surface area contributed by atoms with E-state index in [9.17, 15) is 4.79 Å². The summed E-state index contributed by atoms with van der Waals surface area (Å²) in [6, 6.07) is 1.91. The van der Waals surface area contributed by atoms with E-state index in [0.717, 1.165) is 5.56 Å². The van der Waals surface area contributed by atoms with E-state index in [1.165, 1.54) is 0 Å². The minimum absolute atomic E-state index is 0.0425. The van der Waals surface area contributed by atoms with Crippen LogP contribution in [-0.2, 0) is 0 Å². The fraction of sp³-hybridized carbons (Fsp3) is 0.500. The van der Waals surface area contributed by atoms with Crippen LogP contribution in [0, 0.1) is 0 Å². The lowest BCUT2D eigenvalue weighted by Gasteiger charge is -2.27. The number of rotatable bonds is 2. The van der Waals surface area contributed by atoms with Gasteiger partial charge in [-0.05, 0) is 24.5 Å². The van der Waals surface area contributed by atoms with E-state index in [1.54, 1.807) is 11.1 Å². The van der Waals surface area contributed by atoms with E-state index < -0.39 is 0 Å². The highest BCUT2D eigenvalue weighted by Gasteiger charge is 2.26. The molecule has 1 aliphatic rings. The molecule has 0 bridgehead atoms. The van der Waals surface area contributed by atoms with E-state index in [1.807, 2.05) is 13.0 Å². The van der Waals surface area contributed by atoms with Crippen LogP contribution >= 0.6 is 0 Å². The molecule has 0 unspecified atom stereocenters. The first-order valence-corrected chi connectivity index (χ1v) is 5.55. The van der Waals surface area contributed by atoms with Gasteiger partial charge in [-0.3, -0.25) is 4.79 Å². The molecule has 1 aromatic heterocycles. The second-order valence-corrected chi connectivity index (χ2v) is 4.20. The zero-order valence-corrected chi connectivity index (χ0v) is 9.86. The van der Waals surface area contributed by atoms with E-state index >= 15 is 0 Å². The van der Waals surface area contributed by atoms with Crippen molar-refractivity contribution in [3.8, 4) is 5.75 Å². The molecule has 0 saturated heterocycles. The van der Waals surface area contributed by atoms with Crippen LogP contribution in [0.25, 0.3) is 0 Å². The summed E-state index contributed by atoms with van der Waals surface area (Å²) in [6.07, 6.45) is 1.75. The minimum Gasteiger partial charge on any atom is -0.471 e. The van der Waals surface area contributed by atoms with Crippen LogP contribution in [0.2, 0.25) is 0 Å². The molecule has 1 amide bonds. The standard InChI is InChI=1S/C12H16N2O2/c1-4-14-7-16-10-5-9(8(2)3)6-13-11(10)12(14)15/h5-6,8H,4,7H2,1-3H3. The zero-order chi connectivity index (χ0) is 11.7. The second kappa shape index (κ2) is 4.12. The van der Waals surface area contributed by atoms with Gasteiger partial charge in [-0.25, -0.2) is 4.98 Å². The highest BCUT2D eigenvalue weighted by molar-refractivity contribution is 5.95. The smallest absolute Gasteiger partial charge is 0.278 e. The van der Waals surface area contributed by atoms with Crippen molar-refractivity contribution in [1.29, 1.82) is 0 Å². The first-order chi connectivity index (χ1) is 7.63. The van der Waals surface area contributed by atoms with Gasteiger partial charge in [-0.2, -0.15) is 0 Å². The maximum atomic E-state index is 11.9. The van der Waals surface area contributed by atoms with Crippen molar-refractivity contribution in [2.24, 2.45) is 0 Å². The molecule has 2 heterocycles. The summed E-state index contributed by atoms with van der Waals surface area (Å²) >= 11 is 0. The lowest BCUT2D eigenvalue weighted by molar-refractivity contribution is 0.0527. The molecule has 0 spiro atoms. The maximum Gasteiger partial charge on any atom is 0.278 e. The first-order valence-electron chi connectivity index (χ1n) is 5.55. The molecule has 16 heavy (non-hydrogen) atoms. The normalized spacial score (nSPS) is 15.0. The quantitative estimate of drug-likeness (QED) is 0.765. The molecule has 0 radical (unpaired) electrons. The topological polar surface area (TPSA) is 42.4 Å². The molecule has 4 heteroatoms. The number of carbonyl (C=O) groups is 1. The van der Waals surface area contributed by atoms with Crippen LogP contribution < -0.4 is 4.74 Å². The predicted molar refractivity (Wildman–Crippen MR) is 60.5 cm³/mol. The predicted octanol–water partition coefficient (Wildman–Crippen LogP) is 2.02. The van der Waals surface area contributed by atoms with Gasteiger partial charge in [-0.15, -0.1) is 0 Å². The van der Waals surface area contributed by atoms with Crippen molar-refractivity contribution >= 4 is 5.91 Å². The Kier molecular flexibility index (Phi) is 2.81. The molecule has 2 rings (SSSR count). The summed E-state index contributed by atoms with van der Waals surface area (Å²) < 4.78 is 5.53. The van der Waals surface area contributed by atoms with Crippen molar-refractivity contribution < 1.29 is 9.53 Å². The van der Waals surface area contributed by atoms with Crippen molar-refractivity contribution in [1.82, 2.24) is 9.88 Å².